The van der Waals surface area contributed by atoms with E-state index in [0.29, 0.717) is 11.1 Å². The van der Waals surface area contributed by atoms with Gasteiger partial charge >= 0.3 is 0 Å². The highest BCUT2D eigenvalue weighted by Gasteiger charge is 2.34. The lowest BCUT2D eigenvalue weighted by Crippen LogP contribution is -2.35. The van der Waals surface area contributed by atoms with Crippen LogP contribution in [0.1, 0.15) is 18.1 Å². The molecule has 0 saturated carbocycles. The van der Waals surface area contributed by atoms with E-state index in [-0.39, 0.29) is 6.17 Å². The van der Waals surface area contributed by atoms with E-state index in [1.807, 2.05) is 42.3 Å². The summed E-state index contributed by atoms with van der Waals surface area (Å²) in [6.07, 6.45) is -0.00197. The third kappa shape index (κ3) is 2.05. The Morgan fingerprint density at radius 2 is 1.71 bits per heavy atom. The Morgan fingerprint density at radius 1 is 0.929 bits per heavy atom. The standard InChI is InChI=1S/C23H16N4O/c1-14-26(2)23-19(13-25)15(12-24)7-10-20(23)27(14)16-8-9-18-17-5-3-4-6-21(17)28-22(18)11-16/h3-11,14H,1-2H3/t14-/m0/s1. The number of benzene rings is 3. The molecular formula is C23H16N4O. The minimum absolute atomic E-state index is 0.00197. The van der Waals surface area contributed by atoms with E-state index in [2.05, 4.69) is 42.2 Å². The lowest BCUT2D eigenvalue weighted by molar-refractivity contribution is 0.668. The molecule has 4 aromatic rings. The van der Waals surface area contributed by atoms with Crippen molar-refractivity contribution in [2.75, 3.05) is 16.8 Å². The van der Waals surface area contributed by atoms with Crippen molar-refractivity contribution in [2.24, 2.45) is 0 Å². The molecule has 1 aromatic heterocycles. The van der Waals surface area contributed by atoms with Crippen LogP contribution in [0.3, 0.4) is 0 Å². The Balaban J connectivity index is 1.72. The Bertz CT molecular complexity index is 1340. The number of nitrogens with zero attached hydrogens (tertiary/aromatic N) is 4. The number of para-hydroxylation sites is 1. The van der Waals surface area contributed by atoms with Crippen LogP contribution in [-0.2, 0) is 0 Å². The zero-order valence-electron chi connectivity index (χ0n) is 15.5. The maximum atomic E-state index is 9.64. The summed E-state index contributed by atoms with van der Waals surface area (Å²) in [5.41, 5.74) is 5.21. The van der Waals surface area contributed by atoms with Gasteiger partial charge in [0.15, 0.2) is 0 Å². The second-order valence-electron chi connectivity index (χ2n) is 6.97. The van der Waals surface area contributed by atoms with Crippen LogP contribution in [0.2, 0.25) is 0 Å². The molecule has 1 aliphatic rings. The number of hydrogen-bond donors (Lipinski definition) is 0. The van der Waals surface area contributed by atoms with Crippen LogP contribution in [0.4, 0.5) is 17.1 Å². The molecule has 0 fully saturated rings. The number of furan rings is 1. The normalized spacial score (nSPS) is 15.6. The van der Waals surface area contributed by atoms with Crippen molar-refractivity contribution in [1.29, 1.82) is 10.5 Å². The molecule has 0 unspecified atom stereocenters. The van der Waals surface area contributed by atoms with Crippen LogP contribution in [0.5, 0.6) is 0 Å². The summed E-state index contributed by atoms with van der Waals surface area (Å²) in [6, 6.07) is 22.2. The second kappa shape index (κ2) is 5.77. The van der Waals surface area contributed by atoms with Gasteiger partial charge in [-0.15, -0.1) is 0 Å². The average molecular weight is 364 g/mol. The van der Waals surface area contributed by atoms with Crippen molar-refractivity contribution < 1.29 is 4.42 Å². The summed E-state index contributed by atoms with van der Waals surface area (Å²) in [5.74, 6) is 0. The summed E-state index contributed by atoms with van der Waals surface area (Å²) >= 11 is 0. The number of nitriles is 2. The Labute approximate surface area is 162 Å². The molecule has 0 saturated heterocycles. The van der Waals surface area contributed by atoms with Gasteiger partial charge in [-0.05, 0) is 37.3 Å². The van der Waals surface area contributed by atoms with Gasteiger partial charge in [0, 0.05) is 29.6 Å². The van der Waals surface area contributed by atoms with Gasteiger partial charge in [0.05, 0.1) is 22.5 Å². The topological polar surface area (TPSA) is 67.2 Å². The van der Waals surface area contributed by atoms with Crippen molar-refractivity contribution in [3.05, 3.63) is 65.7 Å². The van der Waals surface area contributed by atoms with Gasteiger partial charge in [-0.25, -0.2) is 0 Å². The first-order valence-electron chi connectivity index (χ1n) is 9.04. The molecule has 0 amide bonds. The first kappa shape index (κ1) is 16.2. The zero-order chi connectivity index (χ0) is 19.4. The van der Waals surface area contributed by atoms with Crippen LogP contribution >= 0.6 is 0 Å². The van der Waals surface area contributed by atoms with Crippen LogP contribution in [-0.4, -0.2) is 13.2 Å². The van der Waals surface area contributed by atoms with Gasteiger partial charge in [-0.2, -0.15) is 10.5 Å². The van der Waals surface area contributed by atoms with E-state index in [9.17, 15) is 10.5 Å². The van der Waals surface area contributed by atoms with Crippen LogP contribution < -0.4 is 9.80 Å². The van der Waals surface area contributed by atoms with E-state index in [1.165, 1.54) is 0 Å². The summed E-state index contributed by atoms with van der Waals surface area (Å²) in [4.78, 5) is 4.21. The zero-order valence-corrected chi connectivity index (χ0v) is 15.5. The molecule has 1 aliphatic heterocycles. The number of rotatable bonds is 1. The average Bonchev–Trinajstić information content (AvgIpc) is 3.22. The first-order chi connectivity index (χ1) is 13.6. The molecule has 134 valence electrons. The highest BCUT2D eigenvalue weighted by Crippen LogP contribution is 2.46. The van der Waals surface area contributed by atoms with Gasteiger partial charge in [0.1, 0.15) is 29.5 Å². The molecule has 0 aliphatic carbocycles. The van der Waals surface area contributed by atoms with Gasteiger partial charge in [-0.1, -0.05) is 18.2 Å². The SMILES string of the molecule is C[C@H]1N(C)c2c(ccc(C#N)c2C#N)N1c1ccc2c(c1)oc1ccccc12. The Kier molecular flexibility index (Phi) is 3.35. The Morgan fingerprint density at radius 3 is 2.50 bits per heavy atom. The molecule has 5 rings (SSSR count). The number of hydrogen-bond acceptors (Lipinski definition) is 5. The largest absolute Gasteiger partial charge is 0.456 e. The van der Waals surface area contributed by atoms with E-state index in [0.717, 1.165) is 39.0 Å². The molecule has 5 nitrogen and oxygen atoms in total. The van der Waals surface area contributed by atoms with E-state index >= 15 is 0 Å². The second-order valence-corrected chi connectivity index (χ2v) is 6.97. The molecule has 0 bridgehead atoms. The summed E-state index contributed by atoms with van der Waals surface area (Å²) in [6.45, 7) is 2.08. The predicted octanol–water partition coefficient (Wildman–Crippen LogP) is 5.26. The fourth-order valence-corrected chi connectivity index (χ4v) is 4.12. The highest BCUT2D eigenvalue weighted by molar-refractivity contribution is 6.06. The molecule has 3 aromatic carbocycles. The molecule has 0 radical (unpaired) electrons. The van der Waals surface area contributed by atoms with Crippen LogP contribution in [0.25, 0.3) is 21.9 Å². The van der Waals surface area contributed by atoms with Gasteiger partial charge in [-0.3, -0.25) is 0 Å². The van der Waals surface area contributed by atoms with Gasteiger partial charge < -0.3 is 14.2 Å². The smallest absolute Gasteiger partial charge is 0.137 e. The molecule has 2 heterocycles. The van der Waals surface area contributed by atoms with Crippen molar-refractivity contribution in [3.63, 3.8) is 0 Å². The summed E-state index contributed by atoms with van der Waals surface area (Å²) in [5, 5.41) is 21.2. The molecular weight excluding hydrogens is 348 g/mol. The molecule has 28 heavy (non-hydrogen) atoms. The number of fused-ring (bicyclic) bond motifs is 4. The molecule has 0 spiro atoms. The number of anilines is 3. The summed E-state index contributed by atoms with van der Waals surface area (Å²) in [7, 11) is 1.95. The molecule has 5 heteroatoms. The molecule has 0 N–H and O–H groups in total. The quantitative estimate of drug-likeness (QED) is 0.461. The van der Waals surface area contributed by atoms with Crippen molar-refractivity contribution >= 4 is 39.0 Å². The van der Waals surface area contributed by atoms with Crippen molar-refractivity contribution in [3.8, 4) is 12.1 Å². The van der Waals surface area contributed by atoms with E-state index in [1.54, 1.807) is 6.07 Å². The first-order valence-corrected chi connectivity index (χ1v) is 9.04. The third-order valence-corrected chi connectivity index (χ3v) is 5.58. The van der Waals surface area contributed by atoms with Gasteiger partial charge in [0.25, 0.3) is 0 Å². The van der Waals surface area contributed by atoms with Crippen molar-refractivity contribution in [2.45, 2.75) is 13.1 Å². The van der Waals surface area contributed by atoms with Gasteiger partial charge in [0.2, 0.25) is 0 Å². The van der Waals surface area contributed by atoms with Crippen LogP contribution in [0, 0.1) is 22.7 Å². The highest BCUT2D eigenvalue weighted by atomic mass is 16.3. The monoisotopic (exact) mass is 364 g/mol. The minimum Gasteiger partial charge on any atom is -0.456 e. The minimum atomic E-state index is -0.00197. The van der Waals surface area contributed by atoms with E-state index in [4.69, 9.17) is 4.42 Å². The lowest BCUT2D eigenvalue weighted by Gasteiger charge is -2.27. The lowest BCUT2D eigenvalue weighted by atomic mass is 10.1. The fourth-order valence-electron chi connectivity index (χ4n) is 4.12. The fraction of sp³-hybridized carbons (Fsp3) is 0.130. The predicted molar refractivity (Wildman–Crippen MR) is 110 cm³/mol. The summed E-state index contributed by atoms with van der Waals surface area (Å²) < 4.78 is 6.05. The molecule has 1 atom stereocenters. The maximum absolute atomic E-state index is 9.64. The van der Waals surface area contributed by atoms with Crippen molar-refractivity contribution in [1.82, 2.24) is 0 Å². The third-order valence-electron chi connectivity index (χ3n) is 5.58. The maximum Gasteiger partial charge on any atom is 0.137 e. The van der Waals surface area contributed by atoms with E-state index < -0.39 is 0 Å². The van der Waals surface area contributed by atoms with Crippen LogP contribution in [0.15, 0.2) is 59.0 Å². The Hall–Kier alpha value is -3.96.